The van der Waals surface area contributed by atoms with E-state index < -0.39 is 0 Å². The van der Waals surface area contributed by atoms with Gasteiger partial charge in [0.15, 0.2) is 0 Å². The zero-order valence-corrected chi connectivity index (χ0v) is 12.9. The van der Waals surface area contributed by atoms with Gasteiger partial charge in [-0.05, 0) is 43.5 Å². The van der Waals surface area contributed by atoms with Crippen molar-refractivity contribution in [3.05, 3.63) is 64.4 Å². The average Bonchev–Trinajstić information content (AvgIpc) is 2.42. The molecule has 2 aromatic rings. The summed E-state index contributed by atoms with van der Waals surface area (Å²) >= 11 is 3.60. The molecule has 0 fully saturated rings. The first kappa shape index (κ1) is 14.2. The Bertz CT molecular complexity index is 513. The van der Waals surface area contributed by atoms with Gasteiger partial charge in [-0.15, -0.1) is 0 Å². The van der Waals surface area contributed by atoms with Crippen molar-refractivity contribution in [3.8, 4) is 0 Å². The lowest BCUT2D eigenvalue weighted by molar-refractivity contribution is 0.476. The van der Waals surface area contributed by atoms with Crippen molar-refractivity contribution >= 4 is 15.9 Å². The molecule has 0 unspecified atom stereocenters. The lowest BCUT2D eigenvalue weighted by Gasteiger charge is -2.20. The molecule has 0 saturated carbocycles. The summed E-state index contributed by atoms with van der Waals surface area (Å²) in [7, 11) is 0. The monoisotopic (exact) mass is 318 g/mol. The molecule has 0 amide bonds. The van der Waals surface area contributed by atoms with Gasteiger partial charge in [-0.25, -0.2) is 0 Å². The maximum atomic E-state index is 4.16. The molecule has 1 aromatic carbocycles. The van der Waals surface area contributed by atoms with E-state index in [2.05, 4.69) is 64.3 Å². The number of benzene rings is 1. The lowest BCUT2D eigenvalue weighted by atomic mass is 10.0. The summed E-state index contributed by atoms with van der Waals surface area (Å²) in [6.07, 6.45) is 4.73. The van der Waals surface area contributed by atoms with Gasteiger partial charge in [0.05, 0.1) is 0 Å². The summed E-state index contributed by atoms with van der Waals surface area (Å²) in [5.41, 5.74) is 2.56. The molecule has 1 heterocycles. The summed E-state index contributed by atoms with van der Waals surface area (Å²) in [4.78, 5) is 4.16. The average molecular weight is 319 g/mol. The van der Waals surface area contributed by atoms with Crippen LogP contribution in [0.2, 0.25) is 0 Å². The van der Waals surface area contributed by atoms with Gasteiger partial charge in [-0.3, -0.25) is 4.98 Å². The molecule has 1 aromatic heterocycles. The van der Waals surface area contributed by atoms with Crippen LogP contribution in [0.5, 0.6) is 0 Å². The number of aromatic nitrogens is 1. The van der Waals surface area contributed by atoms with Crippen LogP contribution < -0.4 is 5.32 Å². The Hall–Kier alpha value is -1.19. The van der Waals surface area contributed by atoms with Crippen LogP contribution in [0, 0.1) is 0 Å². The first-order chi connectivity index (χ1) is 9.16. The highest BCUT2D eigenvalue weighted by molar-refractivity contribution is 9.10. The molecule has 0 saturated heterocycles. The number of pyridine rings is 1. The van der Waals surface area contributed by atoms with Crippen LogP contribution in [0.4, 0.5) is 0 Å². The zero-order valence-electron chi connectivity index (χ0n) is 11.3. The molecule has 2 rings (SSSR count). The Labute approximate surface area is 123 Å². The van der Waals surface area contributed by atoms with Crippen molar-refractivity contribution in [2.45, 2.75) is 32.4 Å². The molecule has 0 aliphatic rings. The smallest absolute Gasteiger partial charge is 0.0315 e. The van der Waals surface area contributed by atoms with E-state index >= 15 is 0 Å². The van der Waals surface area contributed by atoms with E-state index in [1.165, 1.54) is 15.6 Å². The second-order valence-corrected chi connectivity index (χ2v) is 5.73. The molecular weight excluding hydrogens is 300 g/mol. The van der Waals surface area contributed by atoms with Gasteiger partial charge in [0.1, 0.15) is 0 Å². The second kappa shape index (κ2) is 6.83. The summed E-state index contributed by atoms with van der Waals surface area (Å²) in [6.45, 7) is 4.39. The summed E-state index contributed by atoms with van der Waals surface area (Å²) in [6, 6.07) is 13.2. The van der Waals surface area contributed by atoms with E-state index in [4.69, 9.17) is 0 Å². The van der Waals surface area contributed by atoms with Crippen LogP contribution in [0.15, 0.2) is 53.3 Å². The lowest BCUT2D eigenvalue weighted by Crippen LogP contribution is -2.30. The number of halogens is 1. The number of hydrogen-bond donors (Lipinski definition) is 1. The molecule has 100 valence electrons. The molecule has 1 N–H and O–H groups in total. The maximum Gasteiger partial charge on any atom is 0.0315 e. The van der Waals surface area contributed by atoms with Crippen LogP contribution >= 0.6 is 15.9 Å². The Morgan fingerprint density at radius 2 is 1.95 bits per heavy atom. The zero-order chi connectivity index (χ0) is 13.7. The van der Waals surface area contributed by atoms with Crippen molar-refractivity contribution in [2.24, 2.45) is 0 Å². The minimum absolute atomic E-state index is 0.311. The van der Waals surface area contributed by atoms with Crippen molar-refractivity contribution in [1.29, 1.82) is 0 Å². The molecule has 0 aliphatic heterocycles. The van der Waals surface area contributed by atoms with E-state index in [0.29, 0.717) is 12.1 Å². The Balaban J connectivity index is 1.95. The fourth-order valence-electron chi connectivity index (χ4n) is 2.21. The fraction of sp³-hybridized carbons (Fsp3) is 0.312. The van der Waals surface area contributed by atoms with E-state index in [1.807, 2.05) is 18.3 Å². The third-order valence-corrected chi connectivity index (χ3v) is 3.98. The molecule has 0 radical (unpaired) electrons. The Morgan fingerprint density at radius 3 is 2.63 bits per heavy atom. The van der Waals surface area contributed by atoms with Crippen molar-refractivity contribution in [2.75, 3.05) is 0 Å². The van der Waals surface area contributed by atoms with Crippen LogP contribution in [-0.4, -0.2) is 11.0 Å². The van der Waals surface area contributed by atoms with Gasteiger partial charge < -0.3 is 5.32 Å². The summed E-state index contributed by atoms with van der Waals surface area (Å²) in [5, 5.41) is 3.61. The predicted octanol–water partition coefficient (Wildman–Crippen LogP) is 4.13. The van der Waals surface area contributed by atoms with Gasteiger partial charge in [0.2, 0.25) is 0 Å². The number of nitrogens with zero attached hydrogens (tertiary/aromatic N) is 1. The minimum Gasteiger partial charge on any atom is -0.307 e. The van der Waals surface area contributed by atoms with Crippen molar-refractivity contribution < 1.29 is 0 Å². The van der Waals surface area contributed by atoms with Gasteiger partial charge in [0, 0.05) is 29.0 Å². The maximum absolute atomic E-state index is 4.16. The normalized spacial score (nSPS) is 14.1. The van der Waals surface area contributed by atoms with E-state index in [-0.39, 0.29) is 0 Å². The quantitative estimate of drug-likeness (QED) is 0.896. The van der Waals surface area contributed by atoms with Gasteiger partial charge in [-0.2, -0.15) is 0 Å². The second-order valence-electron chi connectivity index (χ2n) is 4.87. The highest BCUT2D eigenvalue weighted by Crippen LogP contribution is 2.18. The standard InChI is InChI=1S/C16H19BrN2/c1-12(10-14-6-3-4-8-16(14)17)19-13(2)15-7-5-9-18-11-15/h3-9,11-13,19H,10H2,1-2H3/t12-,13+/m0/s1. The minimum atomic E-state index is 0.311. The van der Waals surface area contributed by atoms with E-state index in [0.717, 1.165) is 6.42 Å². The van der Waals surface area contributed by atoms with Gasteiger partial charge in [-0.1, -0.05) is 40.2 Å². The largest absolute Gasteiger partial charge is 0.307 e. The van der Waals surface area contributed by atoms with Crippen LogP contribution in [0.25, 0.3) is 0 Å². The van der Waals surface area contributed by atoms with E-state index in [9.17, 15) is 0 Å². The summed E-state index contributed by atoms with van der Waals surface area (Å²) in [5.74, 6) is 0. The van der Waals surface area contributed by atoms with Crippen LogP contribution in [0.1, 0.15) is 31.0 Å². The highest BCUT2D eigenvalue weighted by atomic mass is 79.9. The predicted molar refractivity (Wildman–Crippen MR) is 83.1 cm³/mol. The SMILES string of the molecule is C[C@@H](Cc1ccccc1Br)N[C@H](C)c1cccnc1. The molecule has 2 atom stereocenters. The highest BCUT2D eigenvalue weighted by Gasteiger charge is 2.11. The third kappa shape index (κ3) is 4.15. The first-order valence-electron chi connectivity index (χ1n) is 6.56. The molecule has 0 aliphatic carbocycles. The molecule has 2 nitrogen and oxygen atoms in total. The number of hydrogen-bond acceptors (Lipinski definition) is 2. The van der Waals surface area contributed by atoms with Crippen molar-refractivity contribution in [3.63, 3.8) is 0 Å². The summed E-state index contributed by atoms with van der Waals surface area (Å²) < 4.78 is 1.18. The fourth-order valence-corrected chi connectivity index (χ4v) is 2.65. The Morgan fingerprint density at radius 1 is 1.16 bits per heavy atom. The van der Waals surface area contributed by atoms with Crippen LogP contribution in [0.3, 0.4) is 0 Å². The van der Waals surface area contributed by atoms with Gasteiger partial charge in [0.25, 0.3) is 0 Å². The molecular formula is C16H19BrN2. The molecule has 0 bridgehead atoms. The van der Waals surface area contributed by atoms with E-state index in [1.54, 1.807) is 6.20 Å². The number of nitrogens with one attached hydrogen (secondary N) is 1. The molecule has 3 heteroatoms. The van der Waals surface area contributed by atoms with Crippen molar-refractivity contribution in [1.82, 2.24) is 10.3 Å². The first-order valence-corrected chi connectivity index (χ1v) is 7.35. The molecule has 0 spiro atoms. The third-order valence-electron chi connectivity index (χ3n) is 3.20. The van der Waals surface area contributed by atoms with Crippen LogP contribution in [-0.2, 0) is 6.42 Å². The number of rotatable bonds is 5. The van der Waals surface area contributed by atoms with Gasteiger partial charge >= 0.3 is 0 Å². The Kier molecular flexibility index (Phi) is 5.11. The molecule has 19 heavy (non-hydrogen) atoms. The topological polar surface area (TPSA) is 24.9 Å².